The van der Waals surface area contributed by atoms with Gasteiger partial charge in [0.15, 0.2) is 0 Å². The van der Waals surface area contributed by atoms with Crippen LogP contribution in [0, 0.1) is 13.8 Å². The molecule has 214 valence electrons. The van der Waals surface area contributed by atoms with Crippen LogP contribution in [0.4, 0.5) is 0 Å². The Morgan fingerprint density at radius 3 is 1.88 bits per heavy atom. The van der Waals surface area contributed by atoms with Crippen molar-refractivity contribution < 1.29 is 26.8 Å². The largest absolute Gasteiger partial charge is 0.368 e. The van der Waals surface area contributed by atoms with Crippen LogP contribution in [-0.4, -0.2) is 38.8 Å². The Kier molecular flexibility index (Phi) is 9.92. The van der Waals surface area contributed by atoms with E-state index in [9.17, 15) is 8.42 Å². The van der Waals surface area contributed by atoms with E-state index in [4.69, 9.17) is 18.4 Å². The van der Waals surface area contributed by atoms with Crippen LogP contribution < -0.4 is 0 Å². The first-order chi connectivity index (χ1) is 19.9. The molecular weight excluding hydrogens is 556 g/mol. The molecule has 4 atom stereocenters. The third-order valence-corrected chi connectivity index (χ3v) is 9.46. The fraction of sp³-hybridized carbons (Fsp3) is 0.273. The lowest BCUT2D eigenvalue weighted by molar-refractivity contribution is -0.0797. The van der Waals surface area contributed by atoms with Gasteiger partial charge in [0.1, 0.15) is 23.7 Å². The fourth-order valence-electron chi connectivity index (χ4n) is 4.64. The SMILES string of the molecule is Cc1ccc(S[C@H]2O[C@@H](COS(=O)(=O)c3ccccc3C)[C@@H](OCc3ccccc3)[C@@H]2OCc2ccccc2)cc1. The van der Waals surface area contributed by atoms with E-state index in [0.717, 1.165) is 21.6 Å². The van der Waals surface area contributed by atoms with Gasteiger partial charge in [-0.2, -0.15) is 8.42 Å². The minimum Gasteiger partial charge on any atom is -0.368 e. The first kappa shape index (κ1) is 29.5. The van der Waals surface area contributed by atoms with E-state index < -0.39 is 33.9 Å². The van der Waals surface area contributed by atoms with Crippen LogP contribution in [0.15, 0.2) is 119 Å². The molecule has 0 bridgehead atoms. The van der Waals surface area contributed by atoms with E-state index in [0.29, 0.717) is 18.8 Å². The molecule has 41 heavy (non-hydrogen) atoms. The molecular formula is C33H34O6S2. The molecule has 6 nitrogen and oxygen atoms in total. The van der Waals surface area contributed by atoms with Crippen molar-refractivity contribution in [1.29, 1.82) is 0 Å². The van der Waals surface area contributed by atoms with Gasteiger partial charge in [-0.3, -0.25) is 4.18 Å². The van der Waals surface area contributed by atoms with Crippen molar-refractivity contribution in [3.8, 4) is 0 Å². The van der Waals surface area contributed by atoms with Gasteiger partial charge in [0.05, 0.1) is 24.7 Å². The quantitative estimate of drug-likeness (QED) is 0.170. The molecule has 5 rings (SSSR count). The second-order valence-corrected chi connectivity index (χ2v) is 12.8. The molecule has 1 aliphatic rings. The number of hydrogen-bond donors (Lipinski definition) is 0. The number of hydrogen-bond acceptors (Lipinski definition) is 7. The molecule has 8 heteroatoms. The first-order valence-electron chi connectivity index (χ1n) is 13.5. The lowest BCUT2D eigenvalue weighted by atomic mass is 10.1. The highest BCUT2D eigenvalue weighted by molar-refractivity contribution is 7.99. The van der Waals surface area contributed by atoms with E-state index in [1.165, 1.54) is 11.8 Å². The summed E-state index contributed by atoms with van der Waals surface area (Å²) in [6.07, 6.45) is -1.74. The maximum Gasteiger partial charge on any atom is 0.297 e. The summed E-state index contributed by atoms with van der Waals surface area (Å²) in [4.78, 5) is 1.16. The van der Waals surface area contributed by atoms with Crippen molar-refractivity contribution in [3.63, 3.8) is 0 Å². The predicted octanol–water partition coefficient (Wildman–Crippen LogP) is 6.70. The van der Waals surface area contributed by atoms with Gasteiger partial charge in [-0.25, -0.2) is 0 Å². The Bertz CT molecular complexity index is 1490. The van der Waals surface area contributed by atoms with E-state index in [1.807, 2.05) is 79.7 Å². The van der Waals surface area contributed by atoms with Gasteiger partial charge in [-0.05, 0) is 48.7 Å². The average Bonchev–Trinajstić information content (AvgIpc) is 3.32. The molecule has 0 spiro atoms. The number of benzene rings is 4. The Balaban J connectivity index is 1.40. The summed E-state index contributed by atoms with van der Waals surface area (Å²) in [6.45, 7) is 4.27. The van der Waals surface area contributed by atoms with Gasteiger partial charge in [-0.1, -0.05) is 108 Å². The van der Waals surface area contributed by atoms with Crippen LogP contribution in [0.1, 0.15) is 22.3 Å². The lowest BCUT2D eigenvalue weighted by Gasteiger charge is -2.25. The molecule has 1 aliphatic heterocycles. The van der Waals surface area contributed by atoms with Crippen LogP contribution in [0.3, 0.4) is 0 Å². The van der Waals surface area contributed by atoms with Crippen molar-refractivity contribution >= 4 is 21.9 Å². The van der Waals surface area contributed by atoms with Crippen LogP contribution >= 0.6 is 11.8 Å². The number of rotatable bonds is 12. The highest BCUT2D eigenvalue weighted by atomic mass is 32.2. The van der Waals surface area contributed by atoms with Gasteiger partial charge >= 0.3 is 0 Å². The molecule has 0 radical (unpaired) electrons. The topological polar surface area (TPSA) is 71.1 Å². The fourth-order valence-corrected chi connectivity index (χ4v) is 6.91. The Morgan fingerprint density at radius 1 is 0.707 bits per heavy atom. The van der Waals surface area contributed by atoms with Gasteiger partial charge < -0.3 is 14.2 Å². The summed E-state index contributed by atoms with van der Waals surface area (Å²) in [5.41, 5.74) is 3.35. The van der Waals surface area contributed by atoms with E-state index in [2.05, 4.69) is 12.1 Å². The summed E-state index contributed by atoms with van der Waals surface area (Å²) >= 11 is 1.53. The van der Waals surface area contributed by atoms with Gasteiger partial charge in [-0.15, -0.1) is 0 Å². The lowest BCUT2D eigenvalue weighted by Crippen LogP contribution is -2.39. The summed E-state index contributed by atoms with van der Waals surface area (Å²) < 4.78 is 51.3. The number of ether oxygens (including phenoxy) is 3. The standard InChI is InChI=1S/C33H34O6S2/c1-24-17-19-28(20-18-24)40-33-32(37-22-27-14-7-4-8-15-27)31(36-21-26-12-5-3-6-13-26)29(39-33)23-38-41(34,35)30-16-10-9-11-25(30)2/h3-20,29,31-33H,21-23H2,1-2H3/t29-,31+,32-,33+/m0/s1. The smallest absolute Gasteiger partial charge is 0.297 e. The molecule has 1 fully saturated rings. The van der Waals surface area contributed by atoms with E-state index in [1.54, 1.807) is 31.2 Å². The third kappa shape index (κ3) is 7.86. The highest BCUT2D eigenvalue weighted by Crippen LogP contribution is 2.38. The number of aryl methyl sites for hydroxylation is 2. The maximum absolute atomic E-state index is 13.1. The molecule has 0 N–H and O–H groups in total. The highest BCUT2D eigenvalue weighted by Gasteiger charge is 2.47. The van der Waals surface area contributed by atoms with Crippen LogP contribution in [0.25, 0.3) is 0 Å². The molecule has 0 aromatic heterocycles. The van der Waals surface area contributed by atoms with Crippen molar-refractivity contribution in [3.05, 3.63) is 131 Å². The van der Waals surface area contributed by atoms with Crippen LogP contribution in [-0.2, 0) is 41.7 Å². The summed E-state index contributed by atoms with van der Waals surface area (Å²) in [6, 6.07) is 34.7. The van der Waals surface area contributed by atoms with Crippen molar-refractivity contribution in [2.45, 2.75) is 60.6 Å². The second-order valence-electron chi connectivity index (χ2n) is 10.0. The Labute approximate surface area is 246 Å². The van der Waals surface area contributed by atoms with E-state index >= 15 is 0 Å². The Hall–Kier alpha value is -2.98. The third-order valence-electron chi connectivity index (χ3n) is 6.86. The normalized spacial score (nSPS) is 20.7. The summed E-state index contributed by atoms with van der Waals surface area (Å²) in [5.74, 6) is 0. The molecule has 1 saturated heterocycles. The van der Waals surface area contributed by atoms with Crippen molar-refractivity contribution in [2.24, 2.45) is 0 Å². The zero-order valence-corrected chi connectivity index (χ0v) is 24.7. The summed E-state index contributed by atoms with van der Waals surface area (Å²) in [7, 11) is -4.01. The van der Waals surface area contributed by atoms with Crippen LogP contribution in [0.5, 0.6) is 0 Å². The second kappa shape index (κ2) is 13.8. The van der Waals surface area contributed by atoms with Gasteiger partial charge in [0.2, 0.25) is 0 Å². The maximum atomic E-state index is 13.1. The van der Waals surface area contributed by atoms with Gasteiger partial charge in [0, 0.05) is 4.90 Å². The van der Waals surface area contributed by atoms with E-state index in [-0.39, 0.29) is 11.5 Å². The van der Waals surface area contributed by atoms with Crippen LogP contribution in [0.2, 0.25) is 0 Å². The van der Waals surface area contributed by atoms with Gasteiger partial charge in [0.25, 0.3) is 10.1 Å². The van der Waals surface area contributed by atoms with Crippen molar-refractivity contribution in [2.75, 3.05) is 6.61 Å². The zero-order valence-electron chi connectivity index (χ0n) is 23.1. The molecule has 0 saturated carbocycles. The van der Waals surface area contributed by atoms with Crippen molar-refractivity contribution in [1.82, 2.24) is 0 Å². The zero-order chi connectivity index (χ0) is 28.7. The summed E-state index contributed by atoms with van der Waals surface area (Å²) in [5, 5.41) is 0. The Morgan fingerprint density at radius 2 is 1.27 bits per heavy atom. The molecule has 1 heterocycles. The molecule has 4 aromatic carbocycles. The average molecular weight is 591 g/mol. The minimum absolute atomic E-state index is 0.141. The molecule has 0 unspecified atom stereocenters. The molecule has 4 aromatic rings. The number of thioether (sulfide) groups is 1. The minimum atomic E-state index is -4.01. The first-order valence-corrected chi connectivity index (χ1v) is 15.8. The predicted molar refractivity (Wildman–Crippen MR) is 160 cm³/mol. The molecule has 0 aliphatic carbocycles. The monoisotopic (exact) mass is 590 g/mol. The molecule has 0 amide bonds.